The minimum Gasteiger partial charge on any atom is -0.480 e. The fraction of sp³-hybridized carbons (Fsp3) is 0.684. The van der Waals surface area contributed by atoms with Crippen molar-refractivity contribution < 1.29 is 57.9 Å². The van der Waals surface area contributed by atoms with Gasteiger partial charge in [-0.25, -0.2) is 4.79 Å². The number of aliphatic carboxylic acids is 2. The highest BCUT2D eigenvalue weighted by atomic mass is 16.6. The molecular weight excluding hydrogens is 704 g/mol. The predicted molar refractivity (Wildman–Crippen MR) is 197 cm³/mol. The van der Waals surface area contributed by atoms with Crippen molar-refractivity contribution in [2.24, 2.45) is 0 Å². The standard InChI is InChI=1S/C38H60N4O12/c1-8-51-34(47)26(3)40(23-29-18-19-30(33(45)46)42(29)24-32(43)44)21-22-41(27(4)35(48)52-9-2)31(36(49)53-25-28-15-11-10-12-16-28)17-13-14-20-39-37(50)54-38(5,6)7/h10-12,15-16,26-27,29-31H,8-9,13-14,17-25H2,1-7H3,(H,39,50)(H,43,44)(H,45,46)/t26?,27?,29?,30-,31?/m0/s1. The van der Waals surface area contributed by atoms with Crippen LogP contribution in [0.5, 0.6) is 0 Å². The zero-order valence-corrected chi connectivity index (χ0v) is 32.8. The first-order valence-corrected chi connectivity index (χ1v) is 18.7. The van der Waals surface area contributed by atoms with Crippen LogP contribution in [-0.4, -0.2) is 143 Å². The number of esters is 3. The Balaban J connectivity index is 2.42. The number of carbonyl (C=O) groups excluding carboxylic acids is 4. The van der Waals surface area contributed by atoms with Gasteiger partial charge in [0, 0.05) is 32.2 Å². The highest BCUT2D eigenvalue weighted by Crippen LogP contribution is 2.26. The van der Waals surface area contributed by atoms with Gasteiger partial charge in [0.1, 0.15) is 36.4 Å². The second-order valence-corrected chi connectivity index (χ2v) is 14.3. The van der Waals surface area contributed by atoms with Crippen LogP contribution in [0, 0.1) is 0 Å². The molecule has 1 amide bonds. The molecule has 0 bridgehead atoms. The largest absolute Gasteiger partial charge is 0.480 e. The number of alkyl carbamates (subject to hydrolysis) is 1. The summed E-state index contributed by atoms with van der Waals surface area (Å²) in [4.78, 5) is 81.1. The van der Waals surface area contributed by atoms with E-state index in [9.17, 15) is 39.0 Å². The maximum Gasteiger partial charge on any atom is 0.407 e. The molecule has 304 valence electrons. The number of hydrogen-bond donors (Lipinski definition) is 3. The number of nitrogens with one attached hydrogen (secondary N) is 1. The summed E-state index contributed by atoms with van der Waals surface area (Å²) in [5, 5.41) is 22.1. The lowest BCUT2D eigenvalue weighted by atomic mass is 10.0. The summed E-state index contributed by atoms with van der Waals surface area (Å²) in [5.74, 6) is -3.98. The smallest absolute Gasteiger partial charge is 0.407 e. The van der Waals surface area contributed by atoms with Crippen molar-refractivity contribution in [1.29, 1.82) is 0 Å². The summed E-state index contributed by atoms with van der Waals surface area (Å²) in [6.07, 6.45) is 1.24. The molecule has 0 aliphatic carbocycles. The van der Waals surface area contributed by atoms with E-state index < -0.39 is 78.3 Å². The Morgan fingerprint density at radius 3 is 2.07 bits per heavy atom. The monoisotopic (exact) mass is 764 g/mol. The van der Waals surface area contributed by atoms with E-state index in [0.29, 0.717) is 19.3 Å². The van der Waals surface area contributed by atoms with Crippen molar-refractivity contribution in [3.63, 3.8) is 0 Å². The van der Waals surface area contributed by atoms with Gasteiger partial charge in [0.15, 0.2) is 0 Å². The fourth-order valence-corrected chi connectivity index (χ4v) is 6.39. The lowest BCUT2D eigenvalue weighted by Gasteiger charge is -2.38. The van der Waals surface area contributed by atoms with Gasteiger partial charge in [0.05, 0.1) is 19.8 Å². The van der Waals surface area contributed by atoms with Gasteiger partial charge in [-0.1, -0.05) is 30.3 Å². The summed E-state index contributed by atoms with van der Waals surface area (Å²) in [6.45, 7) is 12.2. The lowest BCUT2D eigenvalue weighted by Crippen LogP contribution is -2.56. The zero-order valence-electron chi connectivity index (χ0n) is 32.8. The Bertz CT molecular complexity index is 1370. The zero-order chi connectivity index (χ0) is 40.4. The van der Waals surface area contributed by atoms with Crippen molar-refractivity contribution in [3.8, 4) is 0 Å². The van der Waals surface area contributed by atoms with Gasteiger partial charge >= 0.3 is 35.9 Å². The van der Waals surface area contributed by atoms with Crippen LogP contribution < -0.4 is 5.32 Å². The molecule has 0 saturated carbocycles. The maximum atomic E-state index is 14.0. The molecular formula is C38H60N4O12. The van der Waals surface area contributed by atoms with Crippen LogP contribution in [0.4, 0.5) is 4.79 Å². The molecule has 1 heterocycles. The Labute approximate surface area is 318 Å². The number of carboxylic acid groups (broad SMARTS) is 2. The average molecular weight is 765 g/mol. The lowest BCUT2D eigenvalue weighted by molar-refractivity contribution is -0.159. The van der Waals surface area contributed by atoms with Crippen molar-refractivity contribution in [2.75, 3.05) is 45.9 Å². The van der Waals surface area contributed by atoms with E-state index in [0.717, 1.165) is 5.56 Å². The summed E-state index contributed by atoms with van der Waals surface area (Å²) < 4.78 is 21.8. The highest BCUT2D eigenvalue weighted by molar-refractivity contribution is 5.80. The number of carboxylic acids is 2. The van der Waals surface area contributed by atoms with E-state index in [4.69, 9.17) is 18.9 Å². The maximum absolute atomic E-state index is 14.0. The minimum absolute atomic E-state index is 0.00411. The summed E-state index contributed by atoms with van der Waals surface area (Å²) in [7, 11) is 0. The van der Waals surface area contributed by atoms with E-state index in [1.54, 1.807) is 58.3 Å². The molecule has 2 rings (SSSR count). The van der Waals surface area contributed by atoms with Crippen molar-refractivity contribution in [2.45, 2.75) is 123 Å². The number of nitrogens with zero attached hydrogens (tertiary/aromatic N) is 3. The number of amides is 1. The highest BCUT2D eigenvalue weighted by Gasteiger charge is 2.41. The number of rotatable bonds is 23. The second-order valence-electron chi connectivity index (χ2n) is 14.3. The van der Waals surface area contributed by atoms with Crippen LogP contribution in [0.2, 0.25) is 0 Å². The van der Waals surface area contributed by atoms with Crippen molar-refractivity contribution in [3.05, 3.63) is 35.9 Å². The van der Waals surface area contributed by atoms with Gasteiger partial charge < -0.3 is 34.5 Å². The molecule has 1 aromatic rings. The number of hydrogen-bond acceptors (Lipinski definition) is 13. The van der Waals surface area contributed by atoms with Crippen LogP contribution in [0.15, 0.2) is 30.3 Å². The van der Waals surface area contributed by atoms with Gasteiger partial charge in [-0.05, 0) is 86.1 Å². The molecule has 4 unspecified atom stereocenters. The molecule has 16 nitrogen and oxygen atoms in total. The topological polar surface area (TPSA) is 202 Å². The normalized spacial score (nSPS) is 17.7. The number of ether oxygens (including phenoxy) is 4. The third-order valence-corrected chi connectivity index (χ3v) is 9.11. The number of benzene rings is 1. The van der Waals surface area contributed by atoms with Crippen LogP contribution in [0.1, 0.15) is 86.1 Å². The van der Waals surface area contributed by atoms with E-state index >= 15 is 0 Å². The number of likely N-dealkylation sites (tertiary alicyclic amines) is 1. The SMILES string of the molecule is CCOC(=O)C(C)N(CCN(C(C)C(=O)OCC)C(CCCCNC(=O)OC(C)(C)C)C(=O)OCc1ccccc1)CC1CC[C@@H](C(=O)O)N1CC(=O)O. The van der Waals surface area contributed by atoms with Crippen LogP contribution >= 0.6 is 0 Å². The molecule has 0 aromatic heterocycles. The quantitative estimate of drug-likeness (QED) is 0.0832. The molecule has 16 heteroatoms. The number of carbonyl (C=O) groups is 6. The third-order valence-electron chi connectivity index (χ3n) is 9.11. The van der Waals surface area contributed by atoms with E-state index in [-0.39, 0.29) is 58.8 Å². The molecule has 1 aromatic carbocycles. The van der Waals surface area contributed by atoms with Gasteiger partial charge in [0.25, 0.3) is 0 Å². The van der Waals surface area contributed by atoms with Crippen LogP contribution in [0.3, 0.4) is 0 Å². The Morgan fingerprint density at radius 1 is 0.870 bits per heavy atom. The summed E-state index contributed by atoms with van der Waals surface area (Å²) in [6, 6.07) is 4.93. The Morgan fingerprint density at radius 2 is 1.50 bits per heavy atom. The third kappa shape index (κ3) is 15.6. The summed E-state index contributed by atoms with van der Waals surface area (Å²) >= 11 is 0. The van der Waals surface area contributed by atoms with Gasteiger partial charge in [-0.2, -0.15) is 0 Å². The molecule has 54 heavy (non-hydrogen) atoms. The first-order valence-electron chi connectivity index (χ1n) is 18.7. The van der Waals surface area contributed by atoms with E-state index in [1.807, 2.05) is 30.3 Å². The average Bonchev–Trinajstić information content (AvgIpc) is 3.49. The van der Waals surface area contributed by atoms with E-state index in [2.05, 4.69) is 5.32 Å². The number of unbranched alkanes of at least 4 members (excludes halogenated alkanes) is 1. The first-order chi connectivity index (χ1) is 25.5. The molecule has 0 spiro atoms. The minimum atomic E-state index is -1.18. The van der Waals surface area contributed by atoms with Crippen molar-refractivity contribution >= 4 is 35.9 Å². The van der Waals surface area contributed by atoms with Crippen LogP contribution in [-0.2, 0) is 49.5 Å². The van der Waals surface area contributed by atoms with Gasteiger partial charge in [-0.15, -0.1) is 0 Å². The Kier molecular flexibility index (Phi) is 19.4. The van der Waals surface area contributed by atoms with Crippen molar-refractivity contribution in [1.82, 2.24) is 20.0 Å². The molecule has 3 N–H and O–H groups in total. The fourth-order valence-electron chi connectivity index (χ4n) is 6.39. The van der Waals surface area contributed by atoms with Gasteiger partial charge in [0.2, 0.25) is 0 Å². The van der Waals surface area contributed by atoms with E-state index in [1.165, 1.54) is 4.90 Å². The summed E-state index contributed by atoms with van der Waals surface area (Å²) in [5.41, 5.74) is 0.109. The second kappa shape index (κ2) is 22.8. The predicted octanol–water partition coefficient (Wildman–Crippen LogP) is 3.30. The first kappa shape index (κ1) is 45.9. The Hall–Kier alpha value is -4.28. The molecule has 1 aliphatic rings. The molecule has 1 fully saturated rings. The molecule has 1 aliphatic heterocycles. The van der Waals surface area contributed by atoms with Gasteiger partial charge in [-0.3, -0.25) is 38.7 Å². The molecule has 5 atom stereocenters. The van der Waals surface area contributed by atoms with Crippen LogP contribution in [0.25, 0.3) is 0 Å². The molecule has 0 radical (unpaired) electrons. The molecule has 1 saturated heterocycles.